The van der Waals surface area contributed by atoms with Crippen LogP contribution in [0.1, 0.15) is 25.5 Å². The summed E-state index contributed by atoms with van der Waals surface area (Å²) in [5.41, 5.74) is 13.2. The number of hydrogen-bond acceptors (Lipinski definition) is 6. The van der Waals surface area contributed by atoms with Crippen LogP contribution >= 0.6 is 0 Å². The van der Waals surface area contributed by atoms with Gasteiger partial charge in [-0.25, -0.2) is 4.79 Å². The second-order valence-corrected chi connectivity index (χ2v) is 6.49. The quantitative estimate of drug-likeness (QED) is 0.297. The Kier molecular flexibility index (Phi) is 7.28. The first-order valence-corrected chi connectivity index (χ1v) is 8.90. The standard InChI is InChI=1S/C19H23N7O4/c1-11(20)17(25-19(30)22-10-27)18(29)24-12(2)13-4-3-5-14(6-13)15-7-23-26(8-15)9-16(21)28/h3-8,10,12H,9,20H2,1-2H3,(H2,21,28)(H,24,29)(H2,22,25,27,30)/b17-11+/t12-/m1/s1. The zero-order valence-electron chi connectivity index (χ0n) is 16.5. The Bertz CT molecular complexity index is 992. The van der Waals surface area contributed by atoms with Crippen LogP contribution in [-0.4, -0.2) is 34.0 Å². The van der Waals surface area contributed by atoms with Crippen LogP contribution < -0.4 is 27.4 Å². The van der Waals surface area contributed by atoms with Crippen molar-refractivity contribution in [3.05, 3.63) is 53.6 Å². The van der Waals surface area contributed by atoms with E-state index in [4.69, 9.17) is 11.5 Å². The summed E-state index contributed by atoms with van der Waals surface area (Å²) in [7, 11) is 0. The minimum atomic E-state index is -0.873. The van der Waals surface area contributed by atoms with Gasteiger partial charge in [0.15, 0.2) is 0 Å². The molecule has 0 unspecified atom stereocenters. The first kappa shape index (κ1) is 22.1. The van der Waals surface area contributed by atoms with Gasteiger partial charge in [-0.05, 0) is 31.0 Å². The van der Waals surface area contributed by atoms with E-state index in [2.05, 4.69) is 15.7 Å². The van der Waals surface area contributed by atoms with Gasteiger partial charge in [0.05, 0.1) is 12.2 Å². The molecule has 0 aliphatic carbocycles. The van der Waals surface area contributed by atoms with Crippen molar-refractivity contribution in [2.45, 2.75) is 26.4 Å². The number of nitrogens with two attached hydrogens (primary N) is 2. The molecule has 0 saturated carbocycles. The highest BCUT2D eigenvalue weighted by molar-refractivity contribution is 5.99. The van der Waals surface area contributed by atoms with Gasteiger partial charge < -0.3 is 22.1 Å². The molecule has 0 aliphatic rings. The second kappa shape index (κ2) is 9.87. The van der Waals surface area contributed by atoms with E-state index in [0.29, 0.717) is 0 Å². The van der Waals surface area contributed by atoms with E-state index in [-0.39, 0.29) is 24.3 Å². The number of benzene rings is 1. The van der Waals surface area contributed by atoms with Crippen molar-refractivity contribution in [1.29, 1.82) is 0 Å². The molecule has 1 aromatic heterocycles. The average Bonchev–Trinajstić information content (AvgIpc) is 3.13. The zero-order valence-corrected chi connectivity index (χ0v) is 16.5. The molecular formula is C19H23N7O4. The van der Waals surface area contributed by atoms with Crippen molar-refractivity contribution in [3.8, 4) is 11.1 Å². The van der Waals surface area contributed by atoms with Crippen LogP contribution in [0.3, 0.4) is 0 Å². The van der Waals surface area contributed by atoms with Gasteiger partial charge in [0.2, 0.25) is 12.3 Å². The van der Waals surface area contributed by atoms with Crippen molar-refractivity contribution in [2.75, 3.05) is 0 Å². The van der Waals surface area contributed by atoms with E-state index in [1.807, 2.05) is 29.6 Å². The fourth-order valence-electron chi connectivity index (χ4n) is 2.64. The number of primary amides is 1. The molecule has 0 radical (unpaired) electrons. The lowest BCUT2D eigenvalue weighted by molar-refractivity contribution is -0.119. The summed E-state index contributed by atoms with van der Waals surface area (Å²) in [6.07, 6.45) is 3.50. The second-order valence-electron chi connectivity index (χ2n) is 6.49. The molecule has 1 heterocycles. The predicted molar refractivity (Wildman–Crippen MR) is 108 cm³/mol. The summed E-state index contributed by atoms with van der Waals surface area (Å²) in [5.74, 6) is -1.10. The molecule has 0 bridgehead atoms. The van der Waals surface area contributed by atoms with Crippen molar-refractivity contribution >= 4 is 24.3 Å². The molecule has 1 aromatic carbocycles. The van der Waals surface area contributed by atoms with Gasteiger partial charge in [0.25, 0.3) is 5.91 Å². The van der Waals surface area contributed by atoms with Gasteiger partial charge in [-0.15, -0.1) is 0 Å². The highest BCUT2D eigenvalue weighted by atomic mass is 16.2. The number of nitrogens with one attached hydrogen (secondary N) is 3. The van der Waals surface area contributed by atoms with E-state index in [1.165, 1.54) is 11.6 Å². The maximum atomic E-state index is 12.5. The number of urea groups is 1. The average molecular weight is 413 g/mol. The zero-order chi connectivity index (χ0) is 22.3. The first-order chi connectivity index (χ1) is 14.2. The lowest BCUT2D eigenvalue weighted by Gasteiger charge is -2.17. The number of hydrogen-bond donors (Lipinski definition) is 5. The Hall–Kier alpha value is -4.15. The Labute approximate surface area is 172 Å². The minimum Gasteiger partial charge on any atom is -0.400 e. The third kappa shape index (κ3) is 5.92. The normalized spacial score (nSPS) is 12.3. The van der Waals surface area contributed by atoms with Crippen LogP contribution in [-0.2, 0) is 20.9 Å². The van der Waals surface area contributed by atoms with Gasteiger partial charge >= 0.3 is 6.03 Å². The van der Waals surface area contributed by atoms with Gasteiger partial charge in [-0.2, -0.15) is 5.10 Å². The van der Waals surface area contributed by atoms with E-state index in [1.54, 1.807) is 19.3 Å². The molecule has 0 spiro atoms. The monoisotopic (exact) mass is 413 g/mol. The van der Waals surface area contributed by atoms with E-state index >= 15 is 0 Å². The minimum absolute atomic E-state index is 0.0234. The third-order valence-corrected chi connectivity index (χ3v) is 4.07. The molecule has 7 N–H and O–H groups in total. The van der Waals surface area contributed by atoms with E-state index in [0.717, 1.165) is 16.7 Å². The van der Waals surface area contributed by atoms with Crippen LogP contribution in [0.15, 0.2) is 48.1 Å². The third-order valence-electron chi connectivity index (χ3n) is 4.07. The largest absolute Gasteiger partial charge is 0.400 e. The Balaban J connectivity index is 2.15. The van der Waals surface area contributed by atoms with Crippen LogP contribution in [0.4, 0.5) is 4.79 Å². The fraction of sp³-hybridized carbons (Fsp3) is 0.211. The topological polar surface area (TPSA) is 174 Å². The summed E-state index contributed by atoms with van der Waals surface area (Å²) in [4.78, 5) is 45.4. The lowest BCUT2D eigenvalue weighted by atomic mass is 10.0. The lowest BCUT2D eigenvalue weighted by Crippen LogP contribution is -2.41. The summed E-state index contributed by atoms with van der Waals surface area (Å²) in [6, 6.07) is 6.07. The van der Waals surface area contributed by atoms with Gasteiger partial charge in [0, 0.05) is 17.5 Å². The van der Waals surface area contributed by atoms with Crippen molar-refractivity contribution in [2.24, 2.45) is 11.5 Å². The maximum absolute atomic E-state index is 12.5. The molecule has 30 heavy (non-hydrogen) atoms. The molecule has 2 rings (SSSR count). The predicted octanol–water partition coefficient (Wildman–Crippen LogP) is -0.142. The highest BCUT2D eigenvalue weighted by Crippen LogP contribution is 2.23. The Morgan fingerprint density at radius 1 is 1.23 bits per heavy atom. The molecular weight excluding hydrogens is 390 g/mol. The number of nitrogens with zero attached hydrogens (tertiary/aromatic N) is 2. The molecule has 0 fully saturated rings. The molecule has 11 nitrogen and oxygen atoms in total. The molecule has 2 aromatic rings. The van der Waals surface area contributed by atoms with Crippen molar-refractivity contribution in [1.82, 2.24) is 25.7 Å². The summed E-state index contributed by atoms with van der Waals surface area (Å²) < 4.78 is 1.44. The number of allylic oxidation sites excluding steroid dienone is 1. The smallest absolute Gasteiger partial charge is 0.325 e. The Morgan fingerprint density at radius 3 is 2.60 bits per heavy atom. The first-order valence-electron chi connectivity index (χ1n) is 8.90. The molecule has 1 atom stereocenters. The number of carbonyl (C=O) groups excluding carboxylic acids is 4. The SMILES string of the molecule is C/C(N)=C(\NC(=O)NC=O)C(=O)N[C@H](C)c1cccc(-c2cnn(CC(N)=O)c2)c1. The molecule has 0 saturated heterocycles. The summed E-state index contributed by atoms with van der Waals surface area (Å²) in [5, 5.41) is 11.0. The van der Waals surface area contributed by atoms with E-state index in [9.17, 15) is 19.2 Å². The Morgan fingerprint density at radius 2 is 1.97 bits per heavy atom. The summed E-state index contributed by atoms with van der Waals surface area (Å²) in [6.45, 7) is 3.19. The molecule has 11 heteroatoms. The van der Waals surface area contributed by atoms with Crippen LogP contribution in [0.5, 0.6) is 0 Å². The molecule has 5 amide bonds. The number of amides is 5. The summed E-state index contributed by atoms with van der Waals surface area (Å²) >= 11 is 0. The highest BCUT2D eigenvalue weighted by Gasteiger charge is 2.18. The van der Waals surface area contributed by atoms with Gasteiger partial charge in [-0.3, -0.25) is 24.4 Å². The maximum Gasteiger partial charge on any atom is 0.325 e. The van der Waals surface area contributed by atoms with Gasteiger partial charge in [0.1, 0.15) is 12.2 Å². The number of aromatic nitrogens is 2. The van der Waals surface area contributed by atoms with Crippen LogP contribution in [0.25, 0.3) is 11.1 Å². The van der Waals surface area contributed by atoms with E-state index < -0.39 is 23.9 Å². The fourth-order valence-corrected chi connectivity index (χ4v) is 2.64. The van der Waals surface area contributed by atoms with Crippen LogP contribution in [0, 0.1) is 0 Å². The van der Waals surface area contributed by atoms with Crippen molar-refractivity contribution in [3.63, 3.8) is 0 Å². The number of carbonyl (C=O) groups is 4. The van der Waals surface area contributed by atoms with Gasteiger partial charge in [-0.1, -0.05) is 18.2 Å². The number of rotatable bonds is 8. The molecule has 0 aliphatic heterocycles. The van der Waals surface area contributed by atoms with Crippen molar-refractivity contribution < 1.29 is 19.2 Å². The molecule has 158 valence electrons. The van der Waals surface area contributed by atoms with Crippen LogP contribution in [0.2, 0.25) is 0 Å². The number of imide groups is 1.